The Morgan fingerprint density at radius 1 is 1.07 bits per heavy atom. The third kappa shape index (κ3) is 6.66. The number of rotatable bonds is 11. The van der Waals surface area contributed by atoms with Gasteiger partial charge in [-0.3, -0.25) is 28.8 Å². The van der Waals surface area contributed by atoms with Crippen molar-refractivity contribution in [1.82, 2.24) is 20.5 Å². The van der Waals surface area contributed by atoms with Crippen LogP contribution in [0.4, 0.5) is 5.69 Å². The highest BCUT2D eigenvalue weighted by Gasteiger charge is 2.48. The molecule has 1 atom stereocenters. The van der Waals surface area contributed by atoms with E-state index >= 15 is 0 Å². The quantitative estimate of drug-likeness (QED) is 0.271. The number of hydrogen-bond donors (Lipinski definition) is 4. The molecule has 13 heteroatoms. The number of Topliss-reactive ketones (excluding diaryl/α,β-unsaturated/α-hetero) is 1. The van der Waals surface area contributed by atoms with Crippen molar-refractivity contribution < 1.29 is 28.4 Å². The number of likely N-dealkylation sites (N-methyl/N-ethyl adjacent to an activating group) is 1. The second-order valence-corrected chi connectivity index (χ2v) is 12.5. The molecule has 2 aromatic rings. The zero-order valence-corrected chi connectivity index (χ0v) is 24.8. The number of nitrogens with zero attached hydrogens (tertiary/aromatic N) is 1. The average molecular weight is 645 g/mol. The lowest BCUT2D eigenvalue weighted by Crippen LogP contribution is -2.56. The first kappa shape index (κ1) is 29.7. The third-order valence-electron chi connectivity index (χ3n) is 8.70. The minimum Gasteiger partial charge on any atom is -0.458 e. The Kier molecular flexibility index (Phi) is 8.95. The Morgan fingerprint density at radius 2 is 1.76 bits per heavy atom. The summed E-state index contributed by atoms with van der Waals surface area (Å²) in [5.74, 6) is -0.864. The number of carbonyl (C=O) groups excluding carboxylic acids is 5. The molecule has 12 nitrogen and oxygen atoms in total. The molecular formula is C29H34BrN5O7. The normalized spacial score (nSPS) is 24.5. The molecular weight excluding hydrogens is 610 g/mol. The van der Waals surface area contributed by atoms with Crippen molar-refractivity contribution in [1.29, 1.82) is 0 Å². The maximum atomic E-state index is 13.2. The fraction of sp³-hybridized carbons (Fsp3) is 0.517. The highest BCUT2D eigenvalue weighted by Crippen LogP contribution is 2.53. The van der Waals surface area contributed by atoms with E-state index in [1.54, 1.807) is 0 Å². The van der Waals surface area contributed by atoms with Gasteiger partial charge in [0, 0.05) is 31.8 Å². The van der Waals surface area contributed by atoms with Crippen LogP contribution in [0.2, 0.25) is 0 Å². The summed E-state index contributed by atoms with van der Waals surface area (Å²) in [6.07, 6.45) is 8.18. The summed E-state index contributed by atoms with van der Waals surface area (Å²) in [5, 5.41) is 10.4. The van der Waals surface area contributed by atoms with E-state index < -0.39 is 35.1 Å². The van der Waals surface area contributed by atoms with Crippen LogP contribution in [0.25, 0.3) is 0 Å². The molecule has 4 saturated carbocycles. The van der Waals surface area contributed by atoms with Gasteiger partial charge in [0.25, 0.3) is 17.4 Å². The second-order valence-electron chi connectivity index (χ2n) is 11.6. The van der Waals surface area contributed by atoms with Gasteiger partial charge >= 0.3 is 0 Å². The van der Waals surface area contributed by atoms with Crippen LogP contribution in [0.5, 0.6) is 0 Å². The van der Waals surface area contributed by atoms with Crippen LogP contribution in [-0.2, 0) is 25.7 Å². The van der Waals surface area contributed by atoms with Crippen molar-refractivity contribution in [3.63, 3.8) is 0 Å². The number of ketones is 1. The minimum absolute atomic E-state index is 0.0792. The molecule has 0 radical (unpaired) electrons. The molecule has 4 fully saturated rings. The Balaban J connectivity index is 1.24. The van der Waals surface area contributed by atoms with E-state index in [1.807, 2.05) is 0 Å². The first-order chi connectivity index (χ1) is 20.1. The van der Waals surface area contributed by atoms with Crippen LogP contribution in [0, 0.1) is 23.7 Å². The fourth-order valence-corrected chi connectivity index (χ4v) is 7.28. The first-order valence-electron chi connectivity index (χ1n) is 14.2. The lowest BCUT2D eigenvalue weighted by atomic mass is 9.54. The Labute approximate surface area is 250 Å². The number of nitrogens with one attached hydrogen (secondary N) is 4. The molecule has 0 spiro atoms. The lowest BCUT2D eigenvalue weighted by molar-refractivity contribution is -0.137. The number of carbonyl (C=O) groups is 5. The predicted molar refractivity (Wildman–Crippen MR) is 154 cm³/mol. The van der Waals surface area contributed by atoms with Crippen molar-refractivity contribution in [2.24, 2.45) is 23.7 Å². The maximum Gasteiger partial charge on any atom is 0.287 e. The van der Waals surface area contributed by atoms with E-state index in [1.165, 1.54) is 48.7 Å². The van der Waals surface area contributed by atoms with Crippen molar-refractivity contribution in [2.45, 2.75) is 63.6 Å². The van der Waals surface area contributed by atoms with Gasteiger partial charge in [-0.15, -0.1) is 0 Å². The topological polar surface area (TPSA) is 169 Å². The van der Waals surface area contributed by atoms with Gasteiger partial charge in [-0.05, 0) is 90.3 Å². The Bertz CT molecular complexity index is 1420. The minimum atomic E-state index is -1.27. The third-order valence-corrected chi connectivity index (χ3v) is 9.12. The monoisotopic (exact) mass is 643 g/mol. The van der Waals surface area contributed by atoms with Crippen molar-refractivity contribution in [3.05, 3.63) is 51.2 Å². The summed E-state index contributed by atoms with van der Waals surface area (Å²) < 4.78 is 6.89. The molecule has 4 aliphatic carbocycles. The molecule has 224 valence electrons. The summed E-state index contributed by atoms with van der Waals surface area (Å²) in [6.45, 7) is -0.195. The van der Waals surface area contributed by atoms with Gasteiger partial charge < -0.3 is 30.3 Å². The van der Waals surface area contributed by atoms with Crippen molar-refractivity contribution in [3.8, 4) is 0 Å². The van der Waals surface area contributed by atoms with Crippen molar-refractivity contribution >= 4 is 51.0 Å². The van der Waals surface area contributed by atoms with Gasteiger partial charge in [-0.2, -0.15) is 0 Å². The van der Waals surface area contributed by atoms with Crippen LogP contribution in [-0.4, -0.2) is 53.1 Å². The average Bonchev–Trinajstić information content (AvgIpc) is 3.40. The zero-order chi connectivity index (χ0) is 30.0. The largest absolute Gasteiger partial charge is 0.458 e. The SMILES string of the molecule is CNC(=O)C(=O)CC[C@H](NC(=O)c1cc(Br)co1)C(=O)Nc1cccn(CC(=O)NC2C3CC4CC(C3)CC2C4)c1=O. The second kappa shape index (κ2) is 12.6. The molecule has 0 saturated heterocycles. The number of pyridine rings is 1. The number of hydrogen-bond acceptors (Lipinski definition) is 7. The molecule has 4 amide bonds. The van der Waals surface area contributed by atoms with Crippen LogP contribution in [0.15, 0.2) is 44.3 Å². The van der Waals surface area contributed by atoms with Gasteiger partial charge in [-0.1, -0.05) is 0 Å². The van der Waals surface area contributed by atoms with Gasteiger partial charge in [0.1, 0.15) is 24.5 Å². The molecule has 4 aliphatic rings. The molecule has 0 unspecified atom stereocenters. The number of halogens is 1. The van der Waals surface area contributed by atoms with Gasteiger partial charge in [-0.25, -0.2) is 0 Å². The smallest absolute Gasteiger partial charge is 0.287 e. The van der Waals surface area contributed by atoms with E-state index in [0.29, 0.717) is 16.3 Å². The summed E-state index contributed by atoms with van der Waals surface area (Å²) in [5.41, 5.74) is -0.685. The zero-order valence-electron chi connectivity index (χ0n) is 23.2. The molecule has 2 aromatic heterocycles. The summed E-state index contributed by atoms with van der Waals surface area (Å²) in [4.78, 5) is 75.8. The van der Waals surface area contributed by atoms with Gasteiger partial charge in [0.2, 0.25) is 17.6 Å². The van der Waals surface area contributed by atoms with Crippen LogP contribution in [0.3, 0.4) is 0 Å². The Morgan fingerprint density at radius 3 is 2.38 bits per heavy atom. The standard InChI is InChI=1S/C29H34BrN5O7/c1-31-27(39)22(36)5-4-20(32-28(40)23-12-19(30)14-42-23)26(38)33-21-3-2-6-35(29(21)41)13-24(37)34-25-17-8-15-7-16(10-17)11-18(25)9-15/h2-3,6,12,14-18,20,25H,4-5,7-11,13H2,1H3,(H,31,39)(H,32,40)(H,33,38)(H,34,37)/t15?,16?,17?,18?,20-,25?/m0/s1. The number of anilines is 1. The molecule has 6 rings (SSSR count). The molecule has 0 aliphatic heterocycles. The number of amides is 4. The van der Waals surface area contributed by atoms with Crippen LogP contribution in [0.1, 0.15) is 55.5 Å². The first-order valence-corrected chi connectivity index (χ1v) is 15.0. The van der Waals surface area contributed by atoms with E-state index in [9.17, 15) is 28.8 Å². The van der Waals surface area contributed by atoms with Crippen molar-refractivity contribution in [2.75, 3.05) is 12.4 Å². The number of aromatic nitrogens is 1. The van der Waals surface area contributed by atoms with Crippen LogP contribution < -0.4 is 26.8 Å². The number of furan rings is 1. The van der Waals surface area contributed by atoms with E-state index in [4.69, 9.17) is 4.42 Å². The molecule has 42 heavy (non-hydrogen) atoms. The lowest BCUT2D eigenvalue weighted by Gasteiger charge is -2.54. The highest BCUT2D eigenvalue weighted by molar-refractivity contribution is 9.10. The van der Waals surface area contributed by atoms with E-state index in [0.717, 1.165) is 37.5 Å². The molecule has 4 N–H and O–H groups in total. The summed E-state index contributed by atoms with van der Waals surface area (Å²) >= 11 is 3.18. The highest BCUT2D eigenvalue weighted by atomic mass is 79.9. The maximum absolute atomic E-state index is 13.2. The molecule has 0 aromatic carbocycles. The van der Waals surface area contributed by atoms with Gasteiger partial charge in [0.05, 0.1) is 4.47 Å². The molecule has 2 heterocycles. The summed E-state index contributed by atoms with van der Waals surface area (Å²) in [6, 6.07) is 3.20. The van der Waals surface area contributed by atoms with E-state index in [-0.39, 0.29) is 42.8 Å². The van der Waals surface area contributed by atoms with Gasteiger partial charge in [0.15, 0.2) is 5.76 Å². The Hall–Kier alpha value is -3.74. The van der Waals surface area contributed by atoms with Crippen LogP contribution >= 0.6 is 15.9 Å². The fourth-order valence-electron chi connectivity index (χ4n) is 6.98. The molecule has 4 bridgehead atoms. The summed E-state index contributed by atoms with van der Waals surface area (Å²) in [7, 11) is 1.31. The predicted octanol–water partition coefficient (Wildman–Crippen LogP) is 1.98. The van der Waals surface area contributed by atoms with E-state index in [2.05, 4.69) is 37.2 Å².